The first kappa shape index (κ1) is 39.0. The van der Waals surface area contributed by atoms with Crippen molar-refractivity contribution in [2.24, 2.45) is 0 Å². The van der Waals surface area contributed by atoms with Crippen LogP contribution < -0.4 is 20.9 Å². The van der Waals surface area contributed by atoms with E-state index in [1.54, 1.807) is 23.5 Å². The number of carbonyl (C=O) groups excluding carboxylic acids is 2. The number of nitrogens with one attached hydrogen (secondary N) is 3. The minimum atomic E-state index is -0.970. The molecule has 59 heavy (non-hydrogen) atoms. The molecule has 18 nitrogen and oxygen atoms in total. The van der Waals surface area contributed by atoms with Crippen LogP contribution in [0.3, 0.4) is 0 Å². The number of carbonyl (C=O) groups is 2. The molecule has 310 valence electrons. The van der Waals surface area contributed by atoms with E-state index in [9.17, 15) is 24.9 Å². The molecular formula is C41H50N12O6. The highest BCUT2D eigenvalue weighted by molar-refractivity contribution is 6.00. The molecule has 3 fully saturated rings. The highest BCUT2D eigenvalue weighted by Crippen LogP contribution is 2.38. The molecule has 4 aromatic heterocycles. The van der Waals surface area contributed by atoms with Crippen LogP contribution in [0.25, 0.3) is 17.2 Å². The van der Waals surface area contributed by atoms with Crippen LogP contribution in [0.4, 0.5) is 21.9 Å². The third-order valence-corrected chi connectivity index (χ3v) is 12.2. The predicted molar refractivity (Wildman–Crippen MR) is 216 cm³/mol. The SMILES string of the molecule is Cc1cc(NC(=O)Nc2cnc3ccnn3c2C2CCCC2)cnc1-c1noc(CCCC(O)N2CCN(c3ccc4c(c3)CN(C3CCC(O)NC3O)C4=O)CC2)n1. The number of hydrogen-bond donors (Lipinski definition) is 6. The van der Waals surface area contributed by atoms with Crippen LogP contribution in [0.1, 0.15) is 90.4 Å². The molecule has 9 rings (SSSR count). The van der Waals surface area contributed by atoms with Crippen LogP contribution in [0.15, 0.2) is 53.4 Å². The Morgan fingerprint density at radius 1 is 1.02 bits per heavy atom. The summed E-state index contributed by atoms with van der Waals surface area (Å²) in [5.41, 5.74) is 6.82. The number of aryl methyl sites for hydroxylation is 2. The van der Waals surface area contributed by atoms with Gasteiger partial charge in [0, 0.05) is 62.4 Å². The van der Waals surface area contributed by atoms with E-state index in [2.05, 4.69) is 57.0 Å². The Morgan fingerprint density at radius 3 is 2.64 bits per heavy atom. The van der Waals surface area contributed by atoms with Gasteiger partial charge in [-0.15, -0.1) is 0 Å². The smallest absolute Gasteiger partial charge is 0.323 e. The average Bonchev–Trinajstić information content (AvgIpc) is 4.07. The van der Waals surface area contributed by atoms with Crippen molar-refractivity contribution in [3.8, 4) is 11.5 Å². The standard InChI is InChI=1S/C41H50N12O6/c1-24-19-27(45-41(58)46-30-22-42-32-13-14-44-53(32)37(30)25-5-2-3-6-25)21-43-36(24)38-48-34(59-49-38)7-4-8-35(55)51-17-15-50(16-18-51)28-9-10-29-26(20-28)23-52(40(29)57)31-11-12-33(54)47-39(31)56/h9-10,13-14,19-22,25,31,33,35,39,47,54-56H,2-8,11-12,15-18,23H2,1H3,(H2,45,46,58). The number of rotatable bonds is 11. The Balaban J connectivity index is 0.736. The van der Waals surface area contributed by atoms with Crippen LogP contribution in [-0.4, -0.2) is 118 Å². The molecule has 3 amide bonds. The molecule has 1 saturated carbocycles. The molecule has 3 aliphatic heterocycles. The number of pyridine rings is 1. The van der Waals surface area contributed by atoms with Gasteiger partial charge in [0.2, 0.25) is 11.7 Å². The van der Waals surface area contributed by atoms with Gasteiger partial charge in [-0.2, -0.15) is 10.1 Å². The van der Waals surface area contributed by atoms with E-state index >= 15 is 0 Å². The molecule has 1 aliphatic carbocycles. The van der Waals surface area contributed by atoms with Gasteiger partial charge in [-0.25, -0.2) is 14.3 Å². The number of aromatic nitrogens is 6. The molecule has 1 aromatic carbocycles. The van der Waals surface area contributed by atoms with Crippen molar-refractivity contribution in [3.05, 3.63) is 77.2 Å². The van der Waals surface area contributed by atoms with Crippen LogP contribution in [-0.2, 0) is 13.0 Å². The lowest BCUT2D eigenvalue weighted by molar-refractivity contribution is -0.0477. The van der Waals surface area contributed by atoms with Gasteiger partial charge in [0.1, 0.15) is 24.4 Å². The number of aliphatic hydroxyl groups is 3. The van der Waals surface area contributed by atoms with Gasteiger partial charge in [-0.1, -0.05) is 18.0 Å². The summed E-state index contributed by atoms with van der Waals surface area (Å²) in [6.45, 7) is 5.14. The van der Waals surface area contributed by atoms with Crippen LogP contribution in [0, 0.1) is 6.92 Å². The largest absolute Gasteiger partial charge is 0.379 e. The minimum Gasteiger partial charge on any atom is -0.379 e. The summed E-state index contributed by atoms with van der Waals surface area (Å²) < 4.78 is 7.37. The number of hydrogen-bond acceptors (Lipinski definition) is 14. The van der Waals surface area contributed by atoms with E-state index in [-0.39, 0.29) is 11.9 Å². The van der Waals surface area contributed by atoms with E-state index in [0.29, 0.717) is 92.0 Å². The number of piperazine rings is 1. The van der Waals surface area contributed by atoms with E-state index in [1.165, 1.54) is 0 Å². The summed E-state index contributed by atoms with van der Waals surface area (Å²) >= 11 is 0. The number of piperidine rings is 1. The number of urea groups is 1. The Hall–Kier alpha value is -5.53. The summed E-state index contributed by atoms with van der Waals surface area (Å²) in [6, 6.07) is 8.79. The molecule has 4 aliphatic rings. The number of anilines is 3. The topological polar surface area (TPSA) is 223 Å². The van der Waals surface area contributed by atoms with Gasteiger partial charge in [-0.05, 0) is 80.8 Å². The Kier molecular flexibility index (Phi) is 11.0. The van der Waals surface area contributed by atoms with Crippen molar-refractivity contribution in [1.29, 1.82) is 0 Å². The first-order valence-corrected chi connectivity index (χ1v) is 20.6. The molecule has 2 saturated heterocycles. The van der Waals surface area contributed by atoms with Crippen molar-refractivity contribution >= 4 is 34.6 Å². The number of benzene rings is 1. The molecule has 0 radical (unpaired) electrons. The molecular weight excluding hydrogens is 757 g/mol. The maximum Gasteiger partial charge on any atom is 0.323 e. The number of fused-ring (bicyclic) bond motifs is 2. The fourth-order valence-electron chi connectivity index (χ4n) is 9.09. The normalized spacial score (nSPS) is 22.0. The number of amides is 3. The molecule has 18 heteroatoms. The van der Waals surface area contributed by atoms with Crippen molar-refractivity contribution < 1.29 is 29.4 Å². The van der Waals surface area contributed by atoms with Gasteiger partial charge in [0.05, 0.1) is 41.7 Å². The van der Waals surface area contributed by atoms with Gasteiger partial charge >= 0.3 is 6.03 Å². The Bertz CT molecular complexity index is 2320. The Morgan fingerprint density at radius 2 is 1.85 bits per heavy atom. The zero-order valence-electron chi connectivity index (χ0n) is 33.0. The van der Waals surface area contributed by atoms with E-state index in [1.807, 2.05) is 35.7 Å². The highest BCUT2D eigenvalue weighted by Gasteiger charge is 2.39. The lowest BCUT2D eigenvalue weighted by Gasteiger charge is -2.38. The van der Waals surface area contributed by atoms with Crippen molar-refractivity contribution in [1.82, 2.24) is 44.8 Å². The molecule has 4 atom stereocenters. The third-order valence-electron chi connectivity index (χ3n) is 12.2. The maximum atomic E-state index is 13.2. The first-order chi connectivity index (χ1) is 28.7. The van der Waals surface area contributed by atoms with Gasteiger partial charge in [0.15, 0.2) is 5.65 Å². The summed E-state index contributed by atoms with van der Waals surface area (Å²) in [4.78, 5) is 45.9. The van der Waals surface area contributed by atoms with Gasteiger partial charge < -0.3 is 40.3 Å². The molecule has 0 bridgehead atoms. The van der Waals surface area contributed by atoms with Crippen molar-refractivity contribution in [2.45, 2.75) is 102 Å². The quantitative estimate of drug-likeness (QED) is 0.112. The second kappa shape index (κ2) is 16.6. The second-order valence-electron chi connectivity index (χ2n) is 16.1. The predicted octanol–water partition coefficient (Wildman–Crippen LogP) is 3.59. The van der Waals surface area contributed by atoms with E-state index in [0.717, 1.165) is 66.9 Å². The summed E-state index contributed by atoms with van der Waals surface area (Å²) in [5, 5.41) is 48.5. The lowest BCUT2D eigenvalue weighted by Crippen LogP contribution is -2.56. The fourth-order valence-corrected chi connectivity index (χ4v) is 9.09. The third kappa shape index (κ3) is 8.10. The van der Waals surface area contributed by atoms with Crippen molar-refractivity contribution in [2.75, 3.05) is 41.7 Å². The fraction of sp³-hybridized carbons (Fsp3) is 0.488. The zero-order chi connectivity index (χ0) is 40.6. The lowest BCUT2D eigenvalue weighted by atomic mass is 10.0. The Labute approximate surface area is 340 Å². The highest BCUT2D eigenvalue weighted by atomic mass is 16.5. The summed E-state index contributed by atoms with van der Waals surface area (Å²) in [7, 11) is 0. The van der Waals surface area contributed by atoms with Gasteiger partial charge in [-0.3, -0.25) is 20.0 Å². The summed E-state index contributed by atoms with van der Waals surface area (Å²) in [6.07, 6.45) is 9.73. The molecule has 7 heterocycles. The minimum absolute atomic E-state index is 0.0954. The van der Waals surface area contributed by atoms with Crippen LogP contribution >= 0.6 is 0 Å². The zero-order valence-corrected chi connectivity index (χ0v) is 33.0. The van der Waals surface area contributed by atoms with E-state index in [4.69, 9.17) is 4.52 Å². The number of nitrogens with zero attached hydrogens (tertiary/aromatic N) is 9. The van der Waals surface area contributed by atoms with Crippen LogP contribution in [0.2, 0.25) is 0 Å². The molecule has 4 unspecified atom stereocenters. The van der Waals surface area contributed by atoms with Crippen LogP contribution in [0.5, 0.6) is 0 Å². The molecule has 5 aromatic rings. The van der Waals surface area contributed by atoms with E-state index < -0.39 is 24.7 Å². The van der Waals surface area contributed by atoms with Gasteiger partial charge in [0.25, 0.3) is 5.91 Å². The first-order valence-electron chi connectivity index (χ1n) is 20.6. The monoisotopic (exact) mass is 806 g/mol. The number of aliphatic hydroxyl groups excluding tert-OH is 3. The molecule has 6 N–H and O–H groups in total. The molecule has 0 spiro atoms. The van der Waals surface area contributed by atoms with Crippen molar-refractivity contribution in [3.63, 3.8) is 0 Å². The average molecular weight is 807 g/mol. The maximum absolute atomic E-state index is 13.2. The summed E-state index contributed by atoms with van der Waals surface area (Å²) in [5.74, 6) is 1.03. The second-order valence-corrected chi connectivity index (χ2v) is 16.1.